The first-order valence-electron chi connectivity index (χ1n) is 5.37. The van der Waals surface area contributed by atoms with Crippen LogP contribution in [-0.2, 0) is 0 Å². The van der Waals surface area contributed by atoms with Crippen molar-refractivity contribution >= 4 is 0 Å². The molecule has 0 spiro atoms. The van der Waals surface area contributed by atoms with Gasteiger partial charge in [-0.1, -0.05) is 19.9 Å². The van der Waals surface area contributed by atoms with Gasteiger partial charge in [-0.3, -0.25) is 4.79 Å². The van der Waals surface area contributed by atoms with Crippen LogP contribution in [0.5, 0.6) is 0 Å². The Morgan fingerprint density at radius 1 is 1.06 bits per heavy atom. The summed E-state index contributed by atoms with van der Waals surface area (Å²) in [6, 6.07) is 6.93. The molecule has 0 saturated heterocycles. The van der Waals surface area contributed by atoms with Gasteiger partial charge >= 0.3 is 0 Å². The van der Waals surface area contributed by atoms with Crippen molar-refractivity contribution in [2.75, 3.05) is 0 Å². The zero-order chi connectivity index (χ0) is 12.0. The first kappa shape index (κ1) is 12.2. The summed E-state index contributed by atoms with van der Waals surface area (Å²) in [5.74, 6) is 0.815. The molecule has 16 heavy (non-hydrogen) atoms. The second-order valence-electron chi connectivity index (χ2n) is 3.13. The fraction of sp³-hybridized carbons (Fsp3) is 0.231. The van der Waals surface area contributed by atoms with Crippen LogP contribution in [0.4, 0.5) is 0 Å². The first-order chi connectivity index (χ1) is 7.75. The molecule has 0 aliphatic heterocycles. The standard InChI is InChI=1S/C11H10N2O.C2H6/c1-9-2-3-11(12-8-9)13-6-4-10(14)5-7-13;1-2/h2-8H,1H3;1-2H3. The molecule has 0 saturated carbocycles. The fourth-order valence-corrected chi connectivity index (χ4v) is 1.18. The number of nitrogens with zero attached hydrogens (tertiary/aromatic N) is 2. The van der Waals surface area contributed by atoms with E-state index in [-0.39, 0.29) is 5.43 Å². The van der Waals surface area contributed by atoms with Crippen LogP contribution >= 0.6 is 0 Å². The molecule has 0 bridgehead atoms. The Kier molecular flexibility index (Phi) is 4.45. The van der Waals surface area contributed by atoms with Crippen molar-refractivity contribution in [2.45, 2.75) is 20.8 Å². The molecule has 0 N–H and O–H groups in total. The molecule has 0 radical (unpaired) electrons. The highest BCUT2D eigenvalue weighted by Crippen LogP contribution is 2.03. The highest BCUT2D eigenvalue weighted by atomic mass is 16.1. The van der Waals surface area contributed by atoms with E-state index in [0.717, 1.165) is 11.4 Å². The maximum absolute atomic E-state index is 10.9. The third-order valence-corrected chi connectivity index (χ3v) is 1.96. The predicted molar refractivity (Wildman–Crippen MR) is 65.9 cm³/mol. The second-order valence-corrected chi connectivity index (χ2v) is 3.13. The van der Waals surface area contributed by atoms with E-state index in [2.05, 4.69) is 4.98 Å². The molecule has 0 aliphatic carbocycles. The zero-order valence-electron chi connectivity index (χ0n) is 9.84. The third kappa shape index (κ3) is 3.05. The lowest BCUT2D eigenvalue weighted by molar-refractivity contribution is 0.975. The number of hydrogen-bond acceptors (Lipinski definition) is 2. The topological polar surface area (TPSA) is 34.9 Å². The normalized spacial score (nSPS) is 9.19. The minimum Gasteiger partial charge on any atom is -0.308 e. The summed E-state index contributed by atoms with van der Waals surface area (Å²) in [5.41, 5.74) is 1.13. The minimum atomic E-state index is 0.00774. The van der Waals surface area contributed by atoms with Gasteiger partial charge in [0, 0.05) is 30.7 Å². The molecule has 0 aromatic carbocycles. The van der Waals surface area contributed by atoms with Crippen molar-refractivity contribution in [3.8, 4) is 5.82 Å². The Bertz CT molecular complexity index is 466. The Morgan fingerprint density at radius 2 is 1.69 bits per heavy atom. The van der Waals surface area contributed by atoms with Gasteiger partial charge in [0.05, 0.1) is 0 Å². The lowest BCUT2D eigenvalue weighted by Crippen LogP contribution is -2.02. The lowest BCUT2D eigenvalue weighted by Gasteiger charge is -2.03. The Morgan fingerprint density at radius 3 is 2.19 bits per heavy atom. The largest absolute Gasteiger partial charge is 0.308 e. The summed E-state index contributed by atoms with van der Waals surface area (Å²) in [6.45, 7) is 5.99. The Balaban J connectivity index is 0.000000606. The molecule has 84 valence electrons. The molecular formula is C13H16N2O. The van der Waals surface area contributed by atoms with Crippen LogP contribution in [0.15, 0.2) is 47.7 Å². The molecule has 0 amide bonds. The SMILES string of the molecule is CC.Cc1ccc(-n2ccc(=O)cc2)nc1. The smallest absolute Gasteiger partial charge is 0.181 e. The number of hydrogen-bond donors (Lipinski definition) is 0. The van der Waals surface area contributed by atoms with Crippen LogP contribution < -0.4 is 5.43 Å². The summed E-state index contributed by atoms with van der Waals surface area (Å²) < 4.78 is 1.81. The van der Waals surface area contributed by atoms with Gasteiger partial charge in [-0.15, -0.1) is 0 Å². The number of pyridine rings is 2. The maximum atomic E-state index is 10.9. The average molecular weight is 216 g/mol. The maximum Gasteiger partial charge on any atom is 0.181 e. The molecule has 0 atom stereocenters. The van der Waals surface area contributed by atoms with Gasteiger partial charge in [-0.2, -0.15) is 0 Å². The quantitative estimate of drug-likeness (QED) is 0.734. The Labute approximate surface area is 95.4 Å². The van der Waals surface area contributed by atoms with Gasteiger partial charge in [0.25, 0.3) is 0 Å². The number of rotatable bonds is 1. The molecule has 2 aromatic rings. The van der Waals surface area contributed by atoms with Crippen molar-refractivity contribution in [1.82, 2.24) is 9.55 Å². The van der Waals surface area contributed by atoms with Crippen LogP contribution in [-0.4, -0.2) is 9.55 Å². The van der Waals surface area contributed by atoms with Crippen LogP contribution in [0.3, 0.4) is 0 Å². The van der Waals surface area contributed by atoms with Crippen molar-refractivity contribution < 1.29 is 0 Å². The van der Waals surface area contributed by atoms with Gasteiger partial charge < -0.3 is 4.57 Å². The van der Waals surface area contributed by atoms with E-state index in [4.69, 9.17) is 0 Å². The third-order valence-electron chi connectivity index (χ3n) is 1.96. The summed E-state index contributed by atoms with van der Waals surface area (Å²) in [4.78, 5) is 15.1. The monoisotopic (exact) mass is 216 g/mol. The van der Waals surface area contributed by atoms with Crippen molar-refractivity contribution in [2.24, 2.45) is 0 Å². The molecule has 0 aliphatic rings. The highest BCUT2D eigenvalue weighted by Gasteiger charge is 1.94. The summed E-state index contributed by atoms with van der Waals surface area (Å²) in [5, 5.41) is 0. The van der Waals surface area contributed by atoms with E-state index in [9.17, 15) is 4.79 Å². The van der Waals surface area contributed by atoms with Crippen molar-refractivity contribution in [1.29, 1.82) is 0 Å². The molecule has 2 aromatic heterocycles. The van der Waals surface area contributed by atoms with E-state index < -0.39 is 0 Å². The zero-order valence-corrected chi connectivity index (χ0v) is 9.84. The molecule has 3 nitrogen and oxygen atoms in total. The van der Waals surface area contributed by atoms with E-state index in [1.807, 2.05) is 32.9 Å². The van der Waals surface area contributed by atoms with Gasteiger partial charge in [0.2, 0.25) is 0 Å². The van der Waals surface area contributed by atoms with Crippen molar-refractivity contribution in [3.63, 3.8) is 0 Å². The summed E-state index contributed by atoms with van der Waals surface area (Å²) in [6.07, 6.45) is 5.22. The van der Waals surface area contributed by atoms with Gasteiger partial charge in [0.15, 0.2) is 5.43 Å². The van der Waals surface area contributed by atoms with Crippen molar-refractivity contribution in [3.05, 3.63) is 58.6 Å². The van der Waals surface area contributed by atoms with E-state index in [1.165, 1.54) is 12.1 Å². The predicted octanol–water partition coefficient (Wildman–Crippen LogP) is 2.57. The van der Waals surface area contributed by atoms with Gasteiger partial charge in [-0.25, -0.2) is 4.98 Å². The van der Waals surface area contributed by atoms with Crippen LogP contribution in [0.25, 0.3) is 5.82 Å². The fourth-order valence-electron chi connectivity index (χ4n) is 1.18. The highest BCUT2D eigenvalue weighted by molar-refractivity contribution is 5.25. The molecule has 0 fully saturated rings. The molecule has 2 rings (SSSR count). The molecule has 0 unspecified atom stereocenters. The summed E-state index contributed by atoms with van der Waals surface area (Å²) >= 11 is 0. The summed E-state index contributed by atoms with van der Waals surface area (Å²) in [7, 11) is 0. The van der Waals surface area contributed by atoms with Crippen LogP contribution in [0.1, 0.15) is 19.4 Å². The second kappa shape index (κ2) is 5.85. The molecular weight excluding hydrogens is 200 g/mol. The average Bonchev–Trinajstić information content (AvgIpc) is 2.34. The van der Waals surface area contributed by atoms with Crippen LogP contribution in [0, 0.1) is 6.92 Å². The first-order valence-corrected chi connectivity index (χ1v) is 5.37. The Hall–Kier alpha value is -1.90. The van der Waals surface area contributed by atoms with Gasteiger partial charge in [-0.05, 0) is 18.6 Å². The van der Waals surface area contributed by atoms with E-state index >= 15 is 0 Å². The number of aryl methyl sites for hydroxylation is 1. The lowest BCUT2D eigenvalue weighted by atomic mass is 10.3. The minimum absolute atomic E-state index is 0.00774. The molecule has 3 heteroatoms. The van der Waals surface area contributed by atoms with Gasteiger partial charge in [0.1, 0.15) is 5.82 Å². The van der Waals surface area contributed by atoms with E-state index in [0.29, 0.717) is 0 Å². The van der Waals surface area contributed by atoms with Crippen LogP contribution in [0.2, 0.25) is 0 Å². The molecule has 2 heterocycles. The number of aromatic nitrogens is 2. The van der Waals surface area contributed by atoms with E-state index in [1.54, 1.807) is 23.2 Å².